The SMILES string of the molecule is NN=CNCCCC(S)C(=O)O. The fraction of sp³-hybridized carbons (Fsp3) is 0.667. The van der Waals surface area contributed by atoms with Crippen molar-refractivity contribution in [2.24, 2.45) is 10.9 Å². The highest BCUT2D eigenvalue weighted by Gasteiger charge is 2.09. The number of nitrogens with one attached hydrogen (secondary N) is 1. The van der Waals surface area contributed by atoms with E-state index in [1.165, 1.54) is 6.34 Å². The maximum absolute atomic E-state index is 10.3. The first-order valence-electron chi connectivity index (χ1n) is 3.54. The Labute approximate surface area is 76.4 Å². The van der Waals surface area contributed by atoms with Gasteiger partial charge in [0.25, 0.3) is 0 Å². The molecule has 0 aliphatic rings. The van der Waals surface area contributed by atoms with Gasteiger partial charge in [0.15, 0.2) is 0 Å². The molecule has 0 aromatic rings. The summed E-state index contributed by atoms with van der Waals surface area (Å²) >= 11 is 3.86. The average Bonchev–Trinajstić information content (AvgIpc) is 2.03. The fourth-order valence-electron chi connectivity index (χ4n) is 0.638. The zero-order valence-corrected chi connectivity index (χ0v) is 7.50. The zero-order chi connectivity index (χ0) is 9.40. The highest BCUT2D eigenvalue weighted by atomic mass is 32.1. The molecule has 0 heterocycles. The van der Waals surface area contributed by atoms with Gasteiger partial charge in [-0.15, -0.1) is 0 Å². The Morgan fingerprint density at radius 1 is 1.83 bits per heavy atom. The number of rotatable bonds is 6. The third-order valence-electron chi connectivity index (χ3n) is 1.25. The smallest absolute Gasteiger partial charge is 0.316 e. The van der Waals surface area contributed by atoms with E-state index in [0.717, 1.165) is 6.42 Å². The summed E-state index contributed by atoms with van der Waals surface area (Å²) in [4.78, 5) is 10.3. The van der Waals surface area contributed by atoms with E-state index in [1.54, 1.807) is 0 Å². The van der Waals surface area contributed by atoms with E-state index in [2.05, 4.69) is 23.0 Å². The van der Waals surface area contributed by atoms with Crippen LogP contribution < -0.4 is 11.2 Å². The second kappa shape index (κ2) is 6.78. The lowest BCUT2D eigenvalue weighted by Crippen LogP contribution is -2.18. The summed E-state index contributed by atoms with van der Waals surface area (Å²) in [6, 6.07) is 0. The first kappa shape index (κ1) is 11.1. The summed E-state index contributed by atoms with van der Waals surface area (Å²) < 4.78 is 0. The Balaban J connectivity index is 3.25. The monoisotopic (exact) mass is 191 g/mol. The standard InChI is InChI=1S/C6H13N3O2S/c7-9-4-8-3-1-2-5(12)6(10)11/h4-5,12H,1-3,7H2,(H,8,9)(H,10,11). The number of hydrogen-bond acceptors (Lipinski definition) is 4. The molecule has 0 aliphatic carbocycles. The Kier molecular flexibility index (Phi) is 6.26. The van der Waals surface area contributed by atoms with Crippen molar-refractivity contribution in [1.29, 1.82) is 0 Å². The van der Waals surface area contributed by atoms with Crippen molar-refractivity contribution in [3.8, 4) is 0 Å². The third kappa shape index (κ3) is 5.84. The van der Waals surface area contributed by atoms with Gasteiger partial charge < -0.3 is 16.3 Å². The Morgan fingerprint density at radius 2 is 2.50 bits per heavy atom. The van der Waals surface area contributed by atoms with E-state index in [4.69, 9.17) is 10.9 Å². The Bertz CT molecular complexity index is 163. The van der Waals surface area contributed by atoms with Crippen LogP contribution in [0, 0.1) is 0 Å². The van der Waals surface area contributed by atoms with Gasteiger partial charge in [0.05, 0.1) is 5.25 Å². The number of hydrogen-bond donors (Lipinski definition) is 4. The second-order valence-corrected chi connectivity index (χ2v) is 2.85. The largest absolute Gasteiger partial charge is 0.480 e. The number of aliphatic carboxylic acids is 1. The van der Waals surface area contributed by atoms with Crippen LogP contribution in [-0.2, 0) is 4.79 Å². The highest BCUT2D eigenvalue weighted by molar-refractivity contribution is 7.81. The van der Waals surface area contributed by atoms with Crippen LogP contribution >= 0.6 is 12.6 Å². The van der Waals surface area contributed by atoms with Gasteiger partial charge in [0.2, 0.25) is 0 Å². The number of nitrogens with two attached hydrogens (primary N) is 1. The number of carboxylic acids is 1. The summed E-state index contributed by atoms with van der Waals surface area (Å²) in [7, 11) is 0. The molecule has 1 unspecified atom stereocenters. The summed E-state index contributed by atoms with van der Waals surface area (Å²) in [5.74, 6) is 3.93. The molecule has 0 rings (SSSR count). The van der Waals surface area contributed by atoms with E-state index >= 15 is 0 Å². The van der Waals surface area contributed by atoms with Crippen molar-refractivity contribution in [1.82, 2.24) is 5.32 Å². The molecule has 0 bridgehead atoms. The zero-order valence-electron chi connectivity index (χ0n) is 6.60. The maximum atomic E-state index is 10.3. The van der Waals surface area contributed by atoms with Crippen molar-refractivity contribution >= 4 is 24.9 Å². The van der Waals surface area contributed by atoms with Gasteiger partial charge in [-0.1, -0.05) is 0 Å². The second-order valence-electron chi connectivity index (χ2n) is 2.23. The molecule has 0 spiro atoms. The lowest BCUT2D eigenvalue weighted by atomic mass is 10.2. The molecule has 0 aromatic heterocycles. The fourth-order valence-corrected chi connectivity index (χ4v) is 0.821. The summed E-state index contributed by atoms with van der Waals surface area (Å²) in [6.07, 6.45) is 2.63. The molecule has 0 saturated heterocycles. The van der Waals surface area contributed by atoms with Crippen molar-refractivity contribution in [2.45, 2.75) is 18.1 Å². The number of thiol groups is 1. The lowest BCUT2D eigenvalue weighted by Gasteiger charge is -2.03. The van der Waals surface area contributed by atoms with Crippen LogP contribution in [0.25, 0.3) is 0 Å². The summed E-state index contributed by atoms with van der Waals surface area (Å²) in [6.45, 7) is 0.658. The molecular formula is C6H13N3O2S. The van der Waals surface area contributed by atoms with Crippen LogP contribution in [0.3, 0.4) is 0 Å². The van der Waals surface area contributed by atoms with Crippen LogP contribution in [0.4, 0.5) is 0 Å². The number of hydrazone groups is 1. The number of nitrogens with zero attached hydrogens (tertiary/aromatic N) is 1. The highest BCUT2D eigenvalue weighted by Crippen LogP contribution is 2.03. The summed E-state index contributed by atoms with van der Waals surface area (Å²) in [5.41, 5.74) is 0. The normalized spacial score (nSPS) is 13.1. The van der Waals surface area contributed by atoms with Crippen LogP contribution in [0.2, 0.25) is 0 Å². The molecule has 0 fully saturated rings. The van der Waals surface area contributed by atoms with Crippen LogP contribution in [0.15, 0.2) is 5.10 Å². The quantitative estimate of drug-likeness (QED) is 0.115. The molecule has 0 radical (unpaired) electrons. The molecule has 6 heteroatoms. The van der Waals surface area contributed by atoms with E-state index in [9.17, 15) is 4.79 Å². The van der Waals surface area contributed by atoms with E-state index in [0.29, 0.717) is 13.0 Å². The van der Waals surface area contributed by atoms with Gasteiger partial charge in [0.1, 0.15) is 6.34 Å². The van der Waals surface area contributed by atoms with Gasteiger partial charge in [-0.05, 0) is 12.8 Å². The molecular weight excluding hydrogens is 178 g/mol. The Morgan fingerprint density at radius 3 is 3.00 bits per heavy atom. The van der Waals surface area contributed by atoms with Gasteiger partial charge in [0, 0.05) is 6.54 Å². The van der Waals surface area contributed by atoms with Gasteiger partial charge >= 0.3 is 5.97 Å². The maximum Gasteiger partial charge on any atom is 0.316 e. The molecule has 12 heavy (non-hydrogen) atoms. The lowest BCUT2D eigenvalue weighted by molar-refractivity contribution is -0.136. The molecule has 70 valence electrons. The predicted octanol–water partition coefficient (Wildman–Crippen LogP) is -0.359. The average molecular weight is 191 g/mol. The van der Waals surface area contributed by atoms with E-state index in [1.807, 2.05) is 0 Å². The van der Waals surface area contributed by atoms with Crippen molar-refractivity contribution in [3.05, 3.63) is 0 Å². The van der Waals surface area contributed by atoms with Gasteiger partial charge in [-0.25, -0.2) is 0 Å². The molecule has 0 aromatic carbocycles. The summed E-state index contributed by atoms with van der Waals surface area (Å²) in [5, 5.41) is 13.9. The van der Waals surface area contributed by atoms with Crippen molar-refractivity contribution in [3.63, 3.8) is 0 Å². The minimum absolute atomic E-state index is 0.532. The van der Waals surface area contributed by atoms with Crippen LogP contribution in [-0.4, -0.2) is 29.2 Å². The van der Waals surface area contributed by atoms with E-state index < -0.39 is 11.2 Å². The van der Waals surface area contributed by atoms with E-state index in [-0.39, 0.29) is 0 Å². The number of carbonyl (C=O) groups is 1. The predicted molar refractivity (Wildman–Crippen MR) is 50.3 cm³/mol. The minimum Gasteiger partial charge on any atom is -0.480 e. The Hall–Kier alpha value is -0.910. The molecule has 0 saturated carbocycles. The van der Waals surface area contributed by atoms with Crippen molar-refractivity contribution < 1.29 is 9.90 Å². The molecule has 5 nitrogen and oxygen atoms in total. The minimum atomic E-state index is -0.883. The van der Waals surface area contributed by atoms with Crippen molar-refractivity contribution in [2.75, 3.05) is 6.54 Å². The molecule has 4 N–H and O–H groups in total. The topological polar surface area (TPSA) is 87.7 Å². The number of carboxylic acid groups (broad SMARTS) is 1. The third-order valence-corrected chi connectivity index (χ3v) is 1.73. The van der Waals surface area contributed by atoms with Crippen LogP contribution in [0.1, 0.15) is 12.8 Å². The molecule has 1 atom stereocenters. The molecule has 0 aliphatic heterocycles. The molecule has 0 amide bonds. The first-order chi connectivity index (χ1) is 5.68. The van der Waals surface area contributed by atoms with Gasteiger partial charge in [-0.3, -0.25) is 4.79 Å². The van der Waals surface area contributed by atoms with Crippen LogP contribution in [0.5, 0.6) is 0 Å². The first-order valence-corrected chi connectivity index (χ1v) is 4.06. The van der Waals surface area contributed by atoms with Gasteiger partial charge in [-0.2, -0.15) is 17.7 Å².